The van der Waals surface area contributed by atoms with Crippen LogP contribution in [0.3, 0.4) is 0 Å². The van der Waals surface area contributed by atoms with Gasteiger partial charge in [0, 0.05) is 31.7 Å². The molecule has 0 spiro atoms. The van der Waals surface area contributed by atoms with E-state index in [9.17, 15) is 4.79 Å². The Kier molecular flexibility index (Phi) is 2.84. The largest absolute Gasteiger partial charge is 0.468 e. The molecule has 5 aliphatic rings. The molecule has 4 aliphatic heterocycles. The molecule has 5 atom stereocenters. The van der Waals surface area contributed by atoms with Crippen LogP contribution in [0.1, 0.15) is 25.3 Å². The van der Waals surface area contributed by atoms with E-state index >= 15 is 0 Å². The van der Waals surface area contributed by atoms with Crippen molar-refractivity contribution in [1.29, 1.82) is 0 Å². The van der Waals surface area contributed by atoms with Crippen molar-refractivity contribution in [2.24, 2.45) is 11.3 Å². The average molecular weight is 366 g/mol. The van der Waals surface area contributed by atoms with E-state index < -0.39 is 11.1 Å². The zero-order chi connectivity index (χ0) is 18.6. The van der Waals surface area contributed by atoms with Crippen molar-refractivity contribution in [3.63, 3.8) is 0 Å². The normalized spacial score (nSPS) is 45.1. The Balaban J connectivity index is 1.75. The number of allylic oxidation sites excluding steroid dienone is 1. The van der Waals surface area contributed by atoms with Gasteiger partial charge in [0.2, 0.25) is 0 Å². The average Bonchev–Trinajstić information content (AvgIpc) is 3.09. The second-order valence-electron chi connectivity index (χ2n) is 8.82. The molecule has 0 aromatic heterocycles. The summed E-state index contributed by atoms with van der Waals surface area (Å²) in [5, 5.41) is 0. The highest BCUT2D eigenvalue weighted by molar-refractivity contribution is 5.86. The third kappa shape index (κ3) is 1.34. The van der Waals surface area contributed by atoms with E-state index in [4.69, 9.17) is 9.47 Å². The van der Waals surface area contributed by atoms with Gasteiger partial charge < -0.3 is 14.4 Å². The van der Waals surface area contributed by atoms with E-state index in [1.54, 1.807) is 0 Å². The predicted octanol–water partition coefficient (Wildman–Crippen LogP) is 2.31. The third-order valence-electron chi connectivity index (χ3n) is 8.59. The maximum atomic E-state index is 13.6. The fourth-order valence-electron chi connectivity index (χ4n) is 7.75. The molecule has 3 saturated heterocycles. The van der Waals surface area contributed by atoms with Gasteiger partial charge >= 0.3 is 5.97 Å². The van der Waals surface area contributed by atoms with Gasteiger partial charge in [-0.05, 0) is 31.4 Å². The minimum Gasteiger partial charge on any atom is -0.468 e. The first-order valence-corrected chi connectivity index (χ1v) is 10.0. The molecule has 0 radical (unpaired) electrons. The van der Waals surface area contributed by atoms with Crippen LogP contribution in [0, 0.1) is 11.3 Å². The summed E-state index contributed by atoms with van der Waals surface area (Å²) in [5.41, 5.74) is 2.40. The number of hydrogen-bond donors (Lipinski definition) is 0. The molecule has 5 heteroatoms. The number of para-hydroxylation sites is 1. The van der Waals surface area contributed by atoms with E-state index in [1.165, 1.54) is 23.9 Å². The van der Waals surface area contributed by atoms with Crippen molar-refractivity contribution < 1.29 is 14.3 Å². The van der Waals surface area contributed by atoms with E-state index in [2.05, 4.69) is 54.1 Å². The monoisotopic (exact) mass is 366 g/mol. The minimum atomic E-state index is -0.645. The van der Waals surface area contributed by atoms with Crippen LogP contribution in [0.5, 0.6) is 0 Å². The zero-order valence-electron chi connectivity index (χ0n) is 16.2. The number of methoxy groups -OCH3 is 1. The molecule has 0 amide bonds. The highest BCUT2D eigenvalue weighted by Crippen LogP contribution is 2.76. The summed E-state index contributed by atoms with van der Waals surface area (Å²) in [6.45, 7) is 4.50. The van der Waals surface area contributed by atoms with Crippen LogP contribution in [-0.2, 0) is 19.7 Å². The van der Waals surface area contributed by atoms with E-state index in [0.29, 0.717) is 12.6 Å². The van der Waals surface area contributed by atoms with Crippen LogP contribution in [0.15, 0.2) is 35.9 Å². The summed E-state index contributed by atoms with van der Waals surface area (Å²) in [4.78, 5) is 18.5. The first-order valence-electron chi connectivity index (χ1n) is 10.0. The Morgan fingerprint density at radius 2 is 2.19 bits per heavy atom. The van der Waals surface area contributed by atoms with Crippen molar-refractivity contribution in [1.82, 2.24) is 4.90 Å². The first kappa shape index (κ1) is 16.1. The molecular weight excluding hydrogens is 340 g/mol. The molecule has 0 N–H and O–H groups in total. The molecule has 5 unspecified atom stereocenters. The van der Waals surface area contributed by atoms with E-state index in [-0.39, 0.29) is 17.3 Å². The number of carbonyl (C=O) groups excluding carboxylic acids is 1. The molecule has 1 saturated carbocycles. The Bertz CT molecular complexity index is 897. The van der Waals surface area contributed by atoms with Gasteiger partial charge in [0.1, 0.15) is 5.41 Å². The molecule has 5 bridgehead atoms. The van der Waals surface area contributed by atoms with Gasteiger partial charge in [-0.2, -0.15) is 0 Å². The Hall–Kier alpha value is -1.85. The van der Waals surface area contributed by atoms with Crippen LogP contribution >= 0.6 is 0 Å². The first-order chi connectivity index (χ1) is 13.1. The van der Waals surface area contributed by atoms with Crippen molar-refractivity contribution in [2.75, 3.05) is 38.8 Å². The zero-order valence-corrected chi connectivity index (χ0v) is 16.2. The Labute approximate surface area is 159 Å². The molecular formula is C22H26N2O3. The number of ether oxygens (including phenoxy) is 2. The van der Waals surface area contributed by atoms with Gasteiger partial charge in [0.05, 0.1) is 25.2 Å². The van der Waals surface area contributed by atoms with Crippen molar-refractivity contribution >= 4 is 11.7 Å². The highest BCUT2D eigenvalue weighted by atomic mass is 16.6. The lowest BCUT2D eigenvalue weighted by Crippen LogP contribution is -2.80. The van der Waals surface area contributed by atoms with Crippen LogP contribution in [0.4, 0.5) is 5.69 Å². The number of benzene rings is 1. The van der Waals surface area contributed by atoms with Gasteiger partial charge in [-0.1, -0.05) is 29.8 Å². The molecule has 4 heterocycles. The summed E-state index contributed by atoms with van der Waals surface area (Å²) < 4.78 is 12.3. The van der Waals surface area contributed by atoms with Crippen molar-refractivity contribution in [3.05, 3.63) is 41.5 Å². The van der Waals surface area contributed by atoms with Crippen molar-refractivity contribution in [2.45, 2.75) is 36.9 Å². The SMILES string of the molecule is CC=C1CN2CCC34c5ccccc5N(C)C35OCC4(C(=O)OC)C1CC25. The predicted molar refractivity (Wildman–Crippen MR) is 101 cm³/mol. The van der Waals surface area contributed by atoms with E-state index in [0.717, 1.165) is 25.9 Å². The van der Waals surface area contributed by atoms with Gasteiger partial charge in [0.25, 0.3) is 0 Å². The molecule has 6 rings (SSSR count). The molecule has 4 fully saturated rings. The van der Waals surface area contributed by atoms with Gasteiger partial charge in [-0.25, -0.2) is 0 Å². The molecule has 27 heavy (non-hydrogen) atoms. The lowest BCUT2D eigenvalue weighted by Gasteiger charge is -2.66. The molecule has 1 aromatic carbocycles. The summed E-state index contributed by atoms with van der Waals surface area (Å²) in [5.74, 6) is 0.0966. The van der Waals surface area contributed by atoms with Crippen LogP contribution in [-0.4, -0.2) is 56.5 Å². The topological polar surface area (TPSA) is 42.0 Å². The number of hydrogen-bond acceptors (Lipinski definition) is 5. The van der Waals surface area contributed by atoms with Crippen LogP contribution < -0.4 is 4.90 Å². The second-order valence-corrected chi connectivity index (χ2v) is 8.82. The van der Waals surface area contributed by atoms with Crippen molar-refractivity contribution in [3.8, 4) is 0 Å². The van der Waals surface area contributed by atoms with E-state index in [1.807, 2.05) is 0 Å². The standard InChI is InChI=1S/C22H26N2O3/c1-4-14-12-24-10-9-21-15-7-5-6-8-17(15)23(2)22(21)18(24)11-16(14)20(21,13-27-22)19(25)26-3/h4-8,16,18H,9-13H2,1-3H3. The Morgan fingerprint density at radius 1 is 1.37 bits per heavy atom. The molecule has 1 aliphatic carbocycles. The summed E-state index contributed by atoms with van der Waals surface area (Å²) in [6.07, 6.45) is 4.13. The summed E-state index contributed by atoms with van der Waals surface area (Å²) >= 11 is 0. The molecule has 142 valence electrons. The number of nitrogens with zero attached hydrogens (tertiary/aromatic N) is 2. The lowest BCUT2D eigenvalue weighted by atomic mass is 9.43. The quantitative estimate of drug-likeness (QED) is 0.564. The minimum absolute atomic E-state index is 0.0902. The van der Waals surface area contributed by atoms with Gasteiger partial charge in [-0.3, -0.25) is 9.69 Å². The maximum absolute atomic E-state index is 13.6. The number of likely N-dealkylation sites (N-methyl/N-ethyl adjacent to an activating group) is 1. The third-order valence-corrected chi connectivity index (χ3v) is 8.59. The molecule has 5 nitrogen and oxygen atoms in total. The number of anilines is 1. The Morgan fingerprint density at radius 3 is 2.96 bits per heavy atom. The number of carbonyl (C=O) groups is 1. The number of rotatable bonds is 1. The highest BCUT2D eigenvalue weighted by Gasteiger charge is 2.86. The number of esters is 1. The fraction of sp³-hybridized carbons (Fsp3) is 0.591. The van der Waals surface area contributed by atoms with Gasteiger partial charge in [0.15, 0.2) is 5.72 Å². The smallest absolute Gasteiger partial charge is 0.315 e. The fourth-order valence-corrected chi connectivity index (χ4v) is 7.75. The molecule has 1 aromatic rings. The summed E-state index contributed by atoms with van der Waals surface area (Å²) in [7, 11) is 3.70. The lowest BCUT2D eigenvalue weighted by molar-refractivity contribution is -0.183. The second kappa shape index (κ2) is 4.76. The van der Waals surface area contributed by atoms with Crippen LogP contribution in [0.2, 0.25) is 0 Å². The summed E-state index contributed by atoms with van der Waals surface area (Å²) in [6, 6.07) is 8.92. The number of fused-ring (bicyclic) bond motifs is 3. The number of piperidine rings is 2. The van der Waals surface area contributed by atoms with Gasteiger partial charge in [-0.15, -0.1) is 0 Å². The maximum Gasteiger partial charge on any atom is 0.315 e. The van der Waals surface area contributed by atoms with Crippen LogP contribution in [0.25, 0.3) is 0 Å².